The lowest BCUT2D eigenvalue weighted by atomic mass is 10.2. The van der Waals surface area contributed by atoms with Crippen LogP contribution >= 0.6 is 0 Å². The molecule has 0 aliphatic rings. The molecule has 0 saturated carbocycles. The van der Waals surface area contributed by atoms with Crippen molar-refractivity contribution in [1.29, 1.82) is 0 Å². The molecule has 3 aromatic rings. The highest BCUT2D eigenvalue weighted by molar-refractivity contribution is 6.02. The van der Waals surface area contributed by atoms with Crippen molar-refractivity contribution in [2.45, 2.75) is 13.5 Å². The summed E-state index contributed by atoms with van der Waals surface area (Å²) in [7, 11) is 0. The van der Waals surface area contributed by atoms with E-state index in [0.717, 1.165) is 5.56 Å². The molecule has 0 saturated heterocycles. The molecule has 1 N–H and O–H groups in total. The minimum atomic E-state index is -0.321. The second-order valence-electron chi connectivity index (χ2n) is 5.31. The van der Waals surface area contributed by atoms with E-state index >= 15 is 0 Å². The molecule has 0 bridgehead atoms. The molecular formula is C19H16FNO3. The van der Waals surface area contributed by atoms with Gasteiger partial charge in [-0.2, -0.15) is 0 Å². The molecule has 0 radical (unpaired) electrons. The van der Waals surface area contributed by atoms with Crippen LogP contribution in [0.25, 0.3) is 0 Å². The van der Waals surface area contributed by atoms with Crippen molar-refractivity contribution < 1.29 is 18.3 Å². The first-order valence-electron chi connectivity index (χ1n) is 7.45. The molecule has 0 atom stereocenters. The van der Waals surface area contributed by atoms with Crippen LogP contribution in [0.2, 0.25) is 0 Å². The molecule has 3 rings (SSSR count). The molecular weight excluding hydrogens is 309 g/mol. The fourth-order valence-corrected chi connectivity index (χ4v) is 2.16. The third-order valence-electron chi connectivity index (χ3n) is 3.37. The largest absolute Gasteiger partial charge is 0.489 e. The SMILES string of the molecule is Cc1ccc(C(=O)Nc2cccc(OCc3ccc(F)cc3)c2)o1. The number of carbonyl (C=O) groups is 1. The van der Waals surface area contributed by atoms with Gasteiger partial charge in [0.2, 0.25) is 0 Å². The van der Waals surface area contributed by atoms with Gasteiger partial charge in [-0.05, 0) is 48.9 Å². The van der Waals surface area contributed by atoms with Gasteiger partial charge in [0.15, 0.2) is 5.76 Å². The number of furan rings is 1. The van der Waals surface area contributed by atoms with Gasteiger partial charge in [-0.1, -0.05) is 18.2 Å². The number of nitrogens with one attached hydrogen (secondary N) is 1. The Bertz CT molecular complexity index is 840. The van der Waals surface area contributed by atoms with Crippen molar-refractivity contribution in [2.24, 2.45) is 0 Å². The lowest BCUT2D eigenvalue weighted by Crippen LogP contribution is -2.10. The van der Waals surface area contributed by atoms with Crippen LogP contribution in [0.4, 0.5) is 10.1 Å². The molecule has 5 heteroatoms. The highest BCUT2D eigenvalue weighted by Crippen LogP contribution is 2.20. The van der Waals surface area contributed by atoms with E-state index < -0.39 is 0 Å². The normalized spacial score (nSPS) is 10.4. The van der Waals surface area contributed by atoms with E-state index in [1.165, 1.54) is 12.1 Å². The number of benzene rings is 2. The van der Waals surface area contributed by atoms with Gasteiger partial charge in [0.05, 0.1) is 0 Å². The van der Waals surface area contributed by atoms with Crippen LogP contribution in [0, 0.1) is 12.7 Å². The smallest absolute Gasteiger partial charge is 0.291 e. The topological polar surface area (TPSA) is 51.5 Å². The zero-order chi connectivity index (χ0) is 16.9. The number of hydrogen-bond donors (Lipinski definition) is 1. The van der Waals surface area contributed by atoms with Crippen molar-refractivity contribution in [3.05, 3.63) is 83.6 Å². The summed E-state index contributed by atoms with van der Waals surface area (Å²) in [6.45, 7) is 2.09. The summed E-state index contributed by atoms with van der Waals surface area (Å²) in [5, 5.41) is 2.76. The number of rotatable bonds is 5. The summed E-state index contributed by atoms with van der Waals surface area (Å²) in [4.78, 5) is 12.1. The van der Waals surface area contributed by atoms with Crippen molar-refractivity contribution in [1.82, 2.24) is 0 Å². The van der Waals surface area contributed by atoms with Gasteiger partial charge in [0.25, 0.3) is 5.91 Å². The summed E-state index contributed by atoms with van der Waals surface area (Å²) in [5.74, 6) is 0.935. The first-order chi connectivity index (χ1) is 11.6. The number of ether oxygens (including phenoxy) is 1. The maximum atomic E-state index is 12.9. The Balaban J connectivity index is 1.63. The molecule has 0 spiro atoms. The predicted octanol–water partition coefficient (Wildman–Crippen LogP) is 4.56. The second-order valence-corrected chi connectivity index (χ2v) is 5.31. The van der Waals surface area contributed by atoms with Crippen LogP contribution in [0.1, 0.15) is 21.9 Å². The van der Waals surface area contributed by atoms with Gasteiger partial charge in [-0.15, -0.1) is 0 Å². The molecule has 4 nitrogen and oxygen atoms in total. The van der Waals surface area contributed by atoms with Crippen molar-refractivity contribution >= 4 is 11.6 Å². The van der Waals surface area contributed by atoms with Gasteiger partial charge in [0.1, 0.15) is 23.9 Å². The molecule has 0 aliphatic carbocycles. The average molecular weight is 325 g/mol. The molecule has 2 aromatic carbocycles. The van der Waals surface area contributed by atoms with Crippen LogP contribution in [-0.4, -0.2) is 5.91 Å². The van der Waals surface area contributed by atoms with E-state index in [-0.39, 0.29) is 17.5 Å². The summed E-state index contributed by atoms with van der Waals surface area (Å²) < 4.78 is 23.8. The van der Waals surface area contributed by atoms with Gasteiger partial charge >= 0.3 is 0 Å². The number of aryl methyl sites for hydroxylation is 1. The Kier molecular flexibility index (Phi) is 4.61. The number of carbonyl (C=O) groups excluding carboxylic acids is 1. The predicted molar refractivity (Wildman–Crippen MR) is 88.6 cm³/mol. The van der Waals surface area contributed by atoms with Crippen molar-refractivity contribution in [3.8, 4) is 5.75 Å². The Morgan fingerprint density at radius 3 is 2.62 bits per heavy atom. The maximum absolute atomic E-state index is 12.9. The van der Waals surface area contributed by atoms with E-state index in [1.54, 1.807) is 55.5 Å². The highest BCUT2D eigenvalue weighted by Gasteiger charge is 2.10. The van der Waals surface area contributed by atoms with E-state index in [1.807, 2.05) is 0 Å². The first kappa shape index (κ1) is 15.8. The van der Waals surface area contributed by atoms with Gasteiger partial charge in [-0.25, -0.2) is 4.39 Å². The molecule has 24 heavy (non-hydrogen) atoms. The van der Waals surface area contributed by atoms with Crippen molar-refractivity contribution in [2.75, 3.05) is 5.32 Å². The fraction of sp³-hybridized carbons (Fsp3) is 0.105. The molecule has 0 fully saturated rings. The van der Waals surface area contributed by atoms with E-state index in [2.05, 4.69) is 5.32 Å². The summed E-state index contributed by atoms with van der Waals surface area (Å²) in [6.07, 6.45) is 0. The summed E-state index contributed by atoms with van der Waals surface area (Å²) in [6, 6.07) is 16.5. The molecule has 1 heterocycles. The molecule has 1 amide bonds. The second kappa shape index (κ2) is 7.00. The van der Waals surface area contributed by atoms with Crippen LogP contribution in [-0.2, 0) is 6.61 Å². The van der Waals surface area contributed by atoms with E-state index in [9.17, 15) is 9.18 Å². The summed E-state index contributed by atoms with van der Waals surface area (Å²) >= 11 is 0. The fourth-order valence-electron chi connectivity index (χ4n) is 2.16. The third kappa shape index (κ3) is 4.01. The van der Waals surface area contributed by atoms with Gasteiger partial charge < -0.3 is 14.5 Å². The molecule has 1 aromatic heterocycles. The number of anilines is 1. The van der Waals surface area contributed by atoms with Crippen molar-refractivity contribution in [3.63, 3.8) is 0 Å². The van der Waals surface area contributed by atoms with Crippen LogP contribution in [0.5, 0.6) is 5.75 Å². The third-order valence-corrected chi connectivity index (χ3v) is 3.37. The summed E-state index contributed by atoms with van der Waals surface area (Å²) in [5.41, 5.74) is 1.46. The Hall–Kier alpha value is -3.08. The zero-order valence-electron chi connectivity index (χ0n) is 13.1. The quantitative estimate of drug-likeness (QED) is 0.748. The zero-order valence-corrected chi connectivity index (χ0v) is 13.1. The Labute approximate surface area is 138 Å². The molecule has 122 valence electrons. The lowest BCUT2D eigenvalue weighted by Gasteiger charge is -2.09. The monoisotopic (exact) mass is 325 g/mol. The Morgan fingerprint density at radius 2 is 1.92 bits per heavy atom. The minimum absolute atomic E-state index is 0.255. The average Bonchev–Trinajstić information content (AvgIpc) is 3.01. The van der Waals surface area contributed by atoms with E-state index in [0.29, 0.717) is 23.8 Å². The maximum Gasteiger partial charge on any atom is 0.291 e. The molecule has 0 unspecified atom stereocenters. The lowest BCUT2D eigenvalue weighted by molar-refractivity contribution is 0.0995. The number of amides is 1. The van der Waals surface area contributed by atoms with Crippen LogP contribution in [0.3, 0.4) is 0 Å². The number of hydrogen-bond acceptors (Lipinski definition) is 3. The highest BCUT2D eigenvalue weighted by atomic mass is 19.1. The van der Waals surface area contributed by atoms with E-state index in [4.69, 9.17) is 9.15 Å². The number of halogens is 1. The Morgan fingerprint density at radius 1 is 1.12 bits per heavy atom. The molecule has 0 aliphatic heterocycles. The van der Waals surface area contributed by atoms with Crippen LogP contribution in [0.15, 0.2) is 65.1 Å². The van der Waals surface area contributed by atoms with Gasteiger partial charge in [0, 0.05) is 11.8 Å². The standard InChI is InChI=1S/C19H16FNO3/c1-13-5-10-18(24-13)19(22)21-16-3-2-4-17(11-16)23-12-14-6-8-15(20)9-7-14/h2-11H,12H2,1H3,(H,21,22). The van der Waals surface area contributed by atoms with Crippen LogP contribution < -0.4 is 10.1 Å². The minimum Gasteiger partial charge on any atom is -0.489 e. The first-order valence-corrected chi connectivity index (χ1v) is 7.45. The van der Waals surface area contributed by atoms with Gasteiger partial charge in [-0.3, -0.25) is 4.79 Å².